The molecular formula is C13H18N2O4S. The lowest BCUT2D eigenvalue weighted by Crippen LogP contribution is -2.37. The minimum absolute atomic E-state index is 0.00490. The Morgan fingerprint density at radius 3 is 2.55 bits per heavy atom. The molecular weight excluding hydrogens is 280 g/mol. The van der Waals surface area contributed by atoms with Crippen LogP contribution >= 0.6 is 0 Å². The van der Waals surface area contributed by atoms with Crippen LogP contribution in [0, 0.1) is 5.92 Å². The molecule has 1 aliphatic carbocycles. The molecule has 7 heteroatoms. The van der Waals surface area contributed by atoms with Gasteiger partial charge in [-0.3, -0.25) is 4.79 Å². The van der Waals surface area contributed by atoms with Crippen molar-refractivity contribution in [3.63, 3.8) is 0 Å². The largest absolute Gasteiger partial charge is 0.481 e. The van der Waals surface area contributed by atoms with E-state index in [0.29, 0.717) is 18.5 Å². The first kappa shape index (κ1) is 14.8. The van der Waals surface area contributed by atoms with Crippen molar-refractivity contribution in [3.8, 4) is 0 Å². The van der Waals surface area contributed by atoms with Crippen LogP contribution in [-0.2, 0) is 14.8 Å². The number of nitrogens with one attached hydrogen (secondary N) is 1. The van der Waals surface area contributed by atoms with Crippen molar-refractivity contribution in [3.05, 3.63) is 24.3 Å². The maximum Gasteiger partial charge on any atom is 0.308 e. The number of nitrogens with two attached hydrogens (primary N) is 1. The van der Waals surface area contributed by atoms with Crippen LogP contribution in [0.1, 0.15) is 25.7 Å². The fourth-order valence-corrected chi connectivity index (χ4v) is 3.33. The summed E-state index contributed by atoms with van der Waals surface area (Å²) in [6.45, 7) is 0. The smallest absolute Gasteiger partial charge is 0.308 e. The number of hydrogen-bond acceptors (Lipinski definition) is 4. The minimum atomic E-state index is -3.83. The quantitative estimate of drug-likeness (QED) is 0.778. The number of carboxylic acids is 1. The van der Waals surface area contributed by atoms with Crippen molar-refractivity contribution in [1.82, 2.24) is 0 Å². The molecule has 0 aromatic heterocycles. The summed E-state index contributed by atoms with van der Waals surface area (Å²) in [5.41, 5.74) is 0.369. The second-order valence-electron chi connectivity index (χ2n) is 5.02. The van der Waals surface area contributed by atoms with Crippen molar-refractivity contribution in [2.45, 2.75) is 36.6 Å². The van der Waals surface area contributed by atoms with Gasteiger partial charge in [0.25, 0.3) is 0 Å². The maximum absolute atomic E-state index is 11.5. The molecule has 1 fully saturated rings. The minimum Gasteiger partial charge on any atom is -0.481 e. The predicted octanol–water partition coefficient (Wildman–Crippen LogP) is 1.39. The van der Waals surface area contributed by atoms with Gasteiger partial charge in [-0.15, -0.1) is 0 Å². The van der Waals surface area contributed by atoms with E-state index >= 15 is 0 Å². The monoisotopic (exact) mass is 298 g/mol. The molecule has 4 N–H and O–H groups in total. The summed E-state index contributed by atoms with van der Waals surface area (Å²) >= 11 is 0. The fraction of sp³-hybridized carbons (Fsp3) is 0.462. The molecule has 0 radical (unpaired) electrons. The molecule has 1 saturated carbocycles. The molecule has 6 nitrogen and oxygen atoms in total. The molecule has 2 unspecified atom stereocenters. The Labute approximate surface area is 118 Å². The van der Waals surface area contributed by atoms with Crippen LogP contribution in [0.5, 0.6) is 0 Å². The average molecular weight is 298 g/mol. The summed E-state index contributed by atoms with van der Waals surface area (Å²) in [6, 6.07) is 6.02. The molecule has 0 heterocycles. The van der Waals surface area contributed by atoms with Crippen molar-refractivity contribution < 1.29 is 18.3 Å². The molecule has 0 aliphatic heterocycles. The van der Waals surface area contributed by atoms with Crippen LogP contribution in [0.3, 0.4) is 0 Å². The Balaban J connectivity index is 2.27. The molecule has 0 bridgehead atoms. The lowest BCUT2D eigenvalue weighted by atomic mass is 9.84. The first-order valence-corrected chi connectivity index (χ1v) is 8.05. The zero-order chi connectivity index (χ0) is 14.8. The number of carbonyl (C=O) groups is 1. The number of carboxylic acid groups (broad SMARTS) is 1. The summed E-state index contributed by atoms with van der Waals surface area (Å²) in [5.74, 6) is -1.35. The number of sulfonamides is 1. The molecule has 0 amide bonds. The SMILES string of the molecule is NS(=O)(=O)c1ccccc1NC1CCCCC1C(=O)O. The van der Waals surface area contributed by atoms with Gasteiger partial charge in [0.15, 0.2) is 0 Å². The highest BCUT2D eigenvalue weighted by atomic mass is 32.2. The second-order valence-corrected chi connectivity index (χ2v) is 6.55. The highest BCUT2D eigenvalue weighted by Gasteiger charge is 2.31. The Morgan fingerprint density at radius 1 is 1.25 bits per heavy atom. The van der Waals surface area contributed by atoms with Crippen LogP contribution in [-0.4, -0.2) is 25.5 Å². The highest BCUT2D eigenvalue weighted by Crippen LogP contribution is 2.29. The van der Waals surface area contributed by atoms with Gasteiger partial charge in [-0.05, 0) is 25.0 Å². The zero-order valence-electron chi connectivity index (χ0n) is 11.0. The lowest BCUT2D eigenvalue weighted by molar-refractivity contribution is -0.143. The van der Waals surface area contributed by atoms with Crippen LogP contribution < -0.4 is 10.5 Å². The van der Waals surface area contributed by atoms with E-state index in [9.17, 15) is 18.3 Å². The normalized spacial score (nSPS) is 23.2. The Bertz CT molecular complexity index is 600. The third-order valence-electron chi connectivity index (χ3n) is 3.62. The van der Waals surface area contributed by atoms with E-state index in [1.54, 1.807) is 18.2 Å². The number of para-hydroxylation sites is 1. The van der Waals surface area contributed by atoms with Crippen molar-refractivity contribution in [2.24, 2.45) is 11.1 Å². The second kappa shape index (κ2) is 5.80. The summed E-state index contributed by atoms with van der Waals surface area (Å²) in [4.78, 5) is 11.2. The van der Waals surface area contributed by atoms with Gasteiger partial charge in [0.1, 0.15) is 4.90 Å². The summed E-state index contributed by atoms with van der Waals surface area (Å²) in [7, 11) is -3.83. The zero-order valence-corrected chi connectivity index (χ0v) is 11.8. The number of benzene rings is 1. The van der Waals surface area contributed by atoms with Gasteiger partial charge < -0.3 is 10.4 Å². The van der Waals surface area contributed by atoms with Crippen molar-refractivity contribution in [2.75, 3.05) is 5.32 Å². The number of hydrogen-bond donors (Lipinski definition) is 3. The van der Waals surface area contributed by atoms with E-state index in [-0.39, 0.29) is 10.9 Å². The van der Waals surface area contributed by atoms with Crippen molar-refractivity contribution >= 4 is 21.7 Å². The number of aliphatic carboxylic acids is 1. The van der Waals surface area contributed by atoms with Gasteiger partial charge in [0, 0.05) is 6.04 Å². The Kier molecular flexibility index (Phi) is 4.29. The van der Waals surface area contributed by atoms with E-state index in [1.165, 1.54) is 6.07 Å². The Hall–Kier alpha value is -1.60. The van der Waals surface area contributed by atoms with Gasteiger partial charge in [-0.2, -0.15) is 0 Å². The highest BCUT2D eigenvalue weighted by molar-refractivity contribution is 7.89. The topological polar surface area (TPSA) is 109 Å². The molecule has 1 aliphatic rings. The first-order valence-electron chi connectivity index (χ1n) is 6.51. The average Bonchev–Trinajstić information content (AvgIpc) is 2.38. The summed E-state index contributed by atoms with van der Waals surface area (Å²) in [6.07, 6.45) is 3.12. The number of rotatable bonds is 4. The van der Waals surface area contributed by atoms with Crippen molar-refractivity contribution in [1.29, 1.82) is 0 Å². The predicted molar refractivity (Wildman–Crippen MR) is 74.8 cm³/mol. The van der Waals surface area contributed by atoms with E-state index in [1.807, 2.05) is 0 Å². The van der Waals surface area contributed by atoms with E-state index < -0.39 is 21.9 Å². The molecule has 0 saturated heterocycles. The molecule has 1 aromatic rings. The number of primary sulfonamides is 1. The maximum atomic E-state index is 11.5. The number of anilines is 1. The van der Waals surface area contributed by atoms with Gasteiger partial charge >= 0.3 is 5.97 Å². The summed E-state index contributed by atoms with van der Waals surface area (Å²) < 4.78 is 23.1. The lowest BCUT2D eigenvalue weighted by Gasteiger charge is -2.30. The third-order valence-corrected chi connectivity index (χ3v) is 4.59. The van der Waals surface area contributed by atoms with E-state index in [4.69, 9.17) is 5.14 Å². The molecule has 2 rings (SSSR count). The van der Waals surface area contributed by atoms with Gasteiger partial charge in [-0.1, -0.05) is 25.0 Å². The van der Waals surface area contributed by atoms with Crippen LogP contribution in [0.4, 0.5) is 5.69 Å². The van der Waals surface area contributed by atoms with Crippen LogP contribution in [0.2, 0.25) is 0 Å². The molecule has 20 heavy (non-hydrogen) atoms. The van der Waals surface area contributed by atoms with Gasteiger partial charge in [0.05, 0.1) is 11.6 Å². The standard InChI is InChI=1S/C13H18N2O4S/c14-20(18,19)12-8-4-3-7-11(12)15-10-6-2-1-5-9(10)13(16)17/h3-4,7-10,15H,1-2,5-6H2,(H,16,17)(H2,14,18,19). The van der Waals surface area contributed by atoms with Gasteiger partial charge in [0.2, 0.25) is 10.0 Å². The third kappa shape index (κ3) is 3.29. The van der Waals surface area contributed by atoms with Crippen LogP contribution in [0.15, 0.2) is 29.2 Å². The van der Waals surface area contributed by atoms with E-state index in [0.717, 1.165) is 12.8 Å². The van der Waals surface area contributed by atoms with Crippen LogP contribution in [0.25, 0.3) is 0 Å². The fourth-order valence-electron chi connectivity index (χ4n) is 2.63. The first-order chi connectivity index (χ1) is 9.39. The summed E-state index contributed by atoms with van der Waals surface area (Å²) in [5, 5.41) is 17.5. The Morgan fingerprint density at radius 2 is 1.90 bits per heavy atom. The molecule has 110 valence electrons. The molecule has 1 aromatic carbocycles. The van der Waals surface area contributed by atoms with E-state index in [2.05, 4.69) is 5.32 Å². The van der Waals surface area contributed by atoms with Gasteiger partial charge in [-0.25, -0.2) is 13.6 Å². The molecule has 2 atom stereocenters. The molecule has 0 spiro atoms.